The number of likely N-dealkylation sites (tertiary alicyclic amines) is 1. The number of nitrogens with zero attached hydrogens (tertiary/aromatic N) is 2. The van der Waals surface area contributed by atoms with Crippen molar-refractivity contribution < 1.29 is 13.6 Å². The second-order valence-corrected chi connectivity index (χ2v) is 7.52. The van der Waals surface area contributed by atoms with Crippen LogP contribution in [0.3, 0.4) is 0 Å². The quantitative estimate of drug-likeness (QED) is 0.483. The third-order valence-corrected chi connectivity index (χ3v) is 5.68. The molecule has 0 spiro atoms. The normalized spacial score (nSPS) is 15.9. The van der Waals surface area contributed by atoms with Gasteiger partial charge in [0.25, 0.3) is 0 Å². The van der Waals surface area contributed by atoms with Gasteiger partial charge in [0.2, 0.25) is 0 Å². The largest absolute Gasteiger partial charge is 0.497 e. The lowest BCUT2D eigenvalue weighted by Crippen LogP contribution is -2.32. The van der Waals surface area contributed by atoms with E-state index in [-0.39, 0.29) is 5.63 Å². The Morgan fingerprint density at radius 1 is 1.07 bits per heavy atom. The van der Waals surface area contributed by atoms with Crippen molar-refractivity contribution in [3.05, 3.63) is 70.4 Å². The van der Waals surface area contributed by atoms with Crippen molar-refractivity contribution in [1.82, 2.24) is 9.88 Å². The summed E-state index contributed by atoms with van der Waals surface area (Å²) in [5.41, 5.74) is 2.99. The van der Waals surface area contributed by atoms with Crippen LogP contribution in [0, 0.1) is 0 Å². The Kier molecular flexibility index (Phi) is 4.56. The first-order valence-corrected chi connectivity index (χ1v) is 9.88. The number of hydrogen-bond donors (Lipinski definition) is 0. The minimum absolute atomic E-state index is 0.331. The monoisotopic (exact) mass is 390 g/mol. The highest BCUT2D eigenvalue weighted by Crippen LogP contribution is 2.31. The lowest BCUT2D eigenvalue weighted by molar-refractivity contribution is 0.194. The number of aromatic nitrogens is 1. The number of oxazole rings is 1. The molecule has 148 valence electrons. The summed E-state index contributed by atoms with van der Waals surface area (Å²) in [5, 5.41) is 0.950. The van der Waals surface area contributed by atoms with E-state index in [1.807, 2.05) is 36.4 Å². The molecule has 5 rings (SSSR count). The number of para-hydroxylation sites is 2. The van der Waals surface area contributed by atoms with Crippen LogP contribution in [0.2, 0.25) is 0 Å². The maximum atomic E-state index is 12.0. The van der Waals surface area contributed by atoms with E-state index < -0.39 is 0 Å². The van der Waals surface area contributed by atoms with Gasteiger partial charge < -0.3 is 13.6 Å². The topological polar surface area (TPSA) is 68.7 Å². The van der Waals surface area contributed by atoms with Crippen LogP contribution in [0.15, 0.2) is 62.2 Å². The van der Waals surface area contributed by atoms with Crippen LogP contribution in [0.4, 0.5) is 0 Å². The van der Waals surface area contributed by atoms with Crippen LogP contribution in [-0.4, -0.2) is 30.1 Å². The molecule has 6 heteroatoms. The molecule has 4 aromatic rings. The summed E-state index contributed by atoms with van der Waals surface area (Å²) >= 11 is 0. The van der Waals surface area contributed by atoms with Crippen LogP contribution in [-0.2, 0) is 6.54 Å². The first-order chi connectivity index (χ1) is 14.2. The zero-order valence-corrected chi connectivity index (χ0v) is 16.3. The zero-order valence-electron chi connectivity index (χ0n) is 16.3. The fourth-order valence-electron chi connectivity index (χ4n) is 4.11. The first-order valence-electron chi connectivity index (χ1n) is 9.88. The van der Waals surface area contributed by atoms with E-state index in [9.17, 15) is 4.79 Å². The standard InChI is InChI=1S/C23H22N2O4/c1-27-17-6-7-18-16(12-22(26)28-21(18)13-17)14-25-10-8-15(9-11-25)23-24-19-4-2-3-5-20(19)29-23/h2-7,12-13,15H,8-11,14H2,1H3. The minimum Gasteiger partial charge on any atom is -0.497 e. The molecule has 2 aromatic heterocycles. The molecule has 0 aliphatic carbocycles. The van der Waals surface area contributed by atoms with Gasteiger partial charge in [0, 0.05) is 30.0 Å². The van der Waals surface area contributed by atoms with Crippen molar-refractivity contribution in [2.45, 2.75) is 25.3 Å². The van der Waals surface area contributed by atoms with Crippen LogP contribution in [0.5, 0.6) is 5.75 Å². The first kappa shape index (κ1) is 17.9. The summed E-state index contributed by atoms with van der Waals surface area (Å²) in [7, 11) is 1.60. The second kappa shape index (κ2) is 7.37. The Morgan fingerprint density at radius 2 is 1.90 bits per heavy atom. The molecule has 6 nitrogen and oxygen atoms in total. The van der Waals surface area contributed by atoms with Crippen molar-refractivity contribution in [1.29, 1.82) is 0 Å². The fourth-order valence-corrected chi connectivity index (χ4v) is 4.11. The number of rotatable bonds is 4. The zero-order chi connectivity index (χ0) is 19.8. The molecular weight excluding hydrogens is 368 g/mol. The Bertz CT molecular complexity index is 1190. The molecule has 0 N–H and O–H groups in total. The maximum Gasteiger partial charge on any atom is 0.336 e. The van der Waals surface area contributed by atoms with E-state index in [2.05, 4.69) is 9.88 Å². The van der Waals surface area contributed by atoms with Gasteiger partial charge in [-0.1, -0.05) is 12.1 Å². The average molecular weight is 390 g/mol. The molecule has 0 radical (unpaired) electrons. The van der Waals surface area contributed by atoms with Gasteiger partial charge >= 0.3 is 5.63 Å². The van der Waals surface area contributed by atoms with Crippen molar-refractivity contribution >= 4 is 22.1 Å². The van der Waals surface area contributed by atoms with Crippen molar-refractivity contribution in [3.63, 3.8) is 0 Å². The van der Waals surface area contributed by atoms with Crippen LogP contribution >= 0.6 is 0 Å². The highest BCUT2D eigenvalue weighted by molar-refractivity contribution is 5.81. The third-order valence-electron chi connectivity index (χ3n) is 5.68. The molecule has 1 aliphatic heterocycles. The fraction of sp³-hybridized carbons (Fsp3) is 0.304. The van der Waals surface area contributed by atoms with E-state index in [1.54, 1.807) is 19.2 Å². The van der Waals surface area contributed by atoms with Gasteiger partial charge in [0.15, 0.2) is 11.5 Å². The van der Waals surface area contributed by atoms with Crippen molar-refractivity contribution in [2.24, 2.45) is 0 Å². The Balaban J connectivity index is 1.32. The number of ether oxygens (including phenoxy) is 1. The summed E-state index contributed by atoms with van der Waals surface area (Å²) in [6.07, 6.45) is 1.97. The van der Waals surface area contributed by atoms with E-state index in [0.29, 0.717) is 23.8 Å². The predicted octanol–water partition coefficient (Wildman–Crippen LogP) is 4.32. The molecule has 0 amide bonds. The van der Waals surface area contributed by atoms with E-state index in [1.165, 1.54) is 0 Å². The SMILES string of the molecule is COc1ccc2c(CN3CCC(c4nc5ccccc5o4)CC3)cc(=O)oc2c1. The molecule has 1 saturated heterocycles. The molecule has 1 fully saturated rings. The van der Waals surface area contributed by atoms with Gasteiger partial charge in [-0.15, -0.1) is 0 Å². The van der Waals surface area contributed by atoms with Crippen LogP contribution in [0.1, 0.15) is 30.2 Å². The Morgan fingerprint density at radius 3 is 2.69 bits per heavy atom. The number of methoxy groups -OCH3 is 1. The molecule has 29 heavy (non-hydrogen) atoms. The summed E-state index contributed by atoms with van der Waals surface area (Å²) in [6.45, 7) is 2.58. The summed E-state index contributed by atoms with van der Waals surface area (Å²) in [4.78, 5) is 19.1. The van der Waals surface area contributed by atoms with E-state index >= 15 is 0 Å². The molecule has 1 aliphatic rings. The highest BCUT2D eigenvalue weighted by Gasteiger charge is 2.25. The number of piperidine rings is 1. The van der Waals surface area contributed by atoms with Crippen molar-refractivity contribution in [2.75, 3.05) is 20.2 Å². The molecule has 0 unspecified atom stereocenters. The molecule has 0 saturated carbocycles. The van der Waals surface area contributed by atoms with Gasteiger partial charge in [-0.3, -0.25) is 4.90 Å². The van der Waals surface area contributed by atoms with Gasteiger partial charge in [-0.05, 0) is 55.8 Å². The summed E-state index contributed by atoms with van der Waals surface area (Å²) in [5.74, 6) is 1.85. The van der Waals surface area contributed by atoms with Crippen LogP contribution < -0.4 is 10.4 Å². The van der Waals surface area contributed by atoms with Crippen molar-refractivity contribution in [3.8, 4) is 5.75 Å². The third kappa shape index (κ3) is 3.51. The number of benzene rings is 2. The maximum absolute atomic E-state index is 12.0. The average Bonchev–Trinajstić information content (AvgIpc) is 3.18. The molecule has 2 aromatic carbocycles. The summed E-state index contributed by atoms with van der Waals surface area (Å²) < 4.78 is 16.6. The van der Waals surface area contributed by atoms with Gasteiger partial charge in [-0.25, -0.2) is 9.78 Å². The minimum atomic E-state index is -0.331. The van der Waals surface area contributed by atoms with Gasteiger partial charge in [-0.2, -0.15) is 0 Å². The highest BCUT2D eigenvalue weighted by atomic mass is 16.5. The second-order valence-electron chi connectivity index (χ2n) is 7.52. The smallest absolute Gasteiger partial charge is 0.336 e. The van der Waals surface area contributed by atoms with Gasteiger partial charge in [0.05, 0.1) is 7.11 Å². The number of fused-ring (bicyclic) bond motifs is 2. The van der Waals surface area contributed by atoms with Crippen LogP contribution in [0.25, 0.3) is 22.1 Å². The molecule has 3 heterocycles. The molecule has 0 bridgehead atoms. The van der Waals surface area contributed by atoms with Gasteiger partial charge in [0.1, 0.15) is 16.8 Å². The Labute approximate surface area is 167 Å². The lowest BCUT2D eigenvalue weighted by Gasteiger charge is -2.30. The summed E-state index contributed by atoms with van der Waals surface area (Å²) in [6, 6.07) is 15.1. The number of hydrogen-bond acceptors (Lipinski definition) is 6. The lowest BCUT2D eigenvalue weighted by atomic mass is 9.96. The Hall–Kier alpha value is -3.12. The van der Waals surface area contributed by atoms with E-state index in [0.717, 1.165) is 53.9 Å². The molecular formula is C23H22N2O4. The predicted molar refractivity (Wildman–Crippen MR) is 110 cm³/mol. The van der Waals surface area contributed by atoms with E-state index in [4.69, 9.17) is 13.6 Å². The molecule has 0 atom stereocenters.